The van der Waals surface area contributed by atoms with Crippen molar-refractivity contribution in [2.75, 3.05) is 19.7 Å². The predicted molar refractivity (Wildman–Crippen MR) is 109 cm³/mol. The summed E-state index contributed by atoms with van der Waals surface area (Å²) in [5, 5.41) is 4.52. The number of alkyl halides is 2. The molecule has 9 nitrogen and oxygen atoms in total. The Morgan fingerprint density at radius 3 is 2.53 bits per heavy atom. The van der Waals surface area contributed by atoms with E-state index in [4.69, 9.17) is 9.47 Å². The van der Waals surface area contributed by atoms with Crippen molar-refractivity contribution in [3.8, 4) is 0 Å². The van der Waals surface area contributed by atoms with Crippen LogP contribution in [0.25, 0.3) is 0 Å². The van der Waals surface area contributed by atoms with Crippen LogP contribution in [-0.2, 0) is 33.8 Å². The number of fused-ring (bicyclic) bond motifs is 3. The highest BCUT2D eigenvalue weighted by Gasteiger charge is 2.40. The van der Waals surface area contributed by atoms with Gasteiger partial charge in [-0.3, -0.25) is 14.3 Å². The van der Waals surface area contributed by atoms with Crippen LogP contribution in [0.1, 0.15) is 56.4 Å². The average Bonchev–Trinajstić information content (AvgIpc) is 2.93. The Balaban J connectivity index is 1.98. The van der Waals surface area contributed by atoms with E-state index in [0.29, 0.717) is 17.7 Å². The number of carbonyl (C=O) groups excluding carboxylic acids is 3. The van der Waals surface area contributed by atoms with Gasteiger partial charge in [-0.1, -0.05) is 0 Å². The summed E-state index contributed by atoms with van der Waals surface area (Å²) < 4.78 is 38.4. The van der Waals surface area contributed by atoms with Gasteiger partial charge in [-0.25, -0.2) is 13.6 Å². The topological polar surface area (TPSA) is 94.0 Å². The highest BCUT2D eigenvalue weighted by molar-refractivity contribution is 5.95. The summed E-state index contributed by atoms with van der Waals surface area (Å²) in [4.78, 5) is 40.9. The summed E-state index contributed by atoms with van der Waals surface area (Å²) in [5.41, 5.74) is 0.557. The third-order valence-corrected chi connectivity index (χ3v) is 5.41. The first-order valence-electron chi connectivity index (χ1n) is 10.7. The summed E-state index contributed by atoms with van der Waals surface area (Å²) in [7, 11) is 0. The van der Waals surface area contributed by atoms with Gasteiger partial charge in [0.1, 0.15) is 11.3 Å². The fourth-order valence-corrected chi connectivity index (χ4v) is 4.03. The number of amides is 2. The number of hydrogen-bond acceptors (Lipinski definition) is 6. The van der Waals surface area contributed by atoms with E-state index in [1.165, 1.54) is 9.58 Å². The second-order valence-electron chi connectivity index (χ2n) is 9.17. The molecule has 0 radical (unpaired) electrons. The van der Waals surface area contributed by atoms with E-state index >= 15 is 0 Å². The molecule has 3 heterocycles. The molecule has 2 aliphatic heterocycles. The maximum absolute atomic E-state index is 13.3. The molecule has 0 N–H and O–H groups in total. The molecule has 2 atom stereocenters. The fraction of sp³-hybridized carbons (Fsp3) is 0.714. The molecule has 178 valence electrons. The lowest BCUT2D eigenvalue weighted by Gasteiger charge is -2.34. The smallest absolute Gasteiger partial charge is 0.410 e. The maximum atomic E-state index is 13.3. The molecule has 0 aromatic carbocycles. The number of carbonyl (C=O) groups is 3. The first kappa shape index (κ1) is 23.9. The molecule has 32 heavy (non-hydrogen) atoms. The average molecular weight is 456 g/mol. The Labute approximate surface area is 185 Å². The van der Waals surface area contributed by atoms with Crippen molar-refractivity contribution in [1.29, 1.82) is 0 Å². The number of aromatic nitrogens is 2. The SMILES string of the molecule is CCOC(=O)C1CN(CC(F)F)C(=O)c2c3c(nn2C1)C[C@@H](C)N(C(=O)OC(C)(C)C)C3. The van der Waals surface area contributed by atoms with E-state index in [1.54, 1.807) is 27.7 Å². The first-order chi connectivity index (χ1) is 14.9. The van der Waals surface area contributed by atoms with Gasteiger partial charge in [0.15, 0.2) is 0 Å². The predicted octanol–water partition coefficient (Wildman–Crippen LogP) is 2.46. The summed E-state index contributed by atoms with van der Waals surface area (Å²) in [5.74, 6) is -2.02. The highest BCUT2D eigenvalue weighted by Crippen LogP contribution is 2.30. The number of rotatable bonds is 4. The lowest BCUT2D eigenvalue weighted by molar-refractivity contribution is -0.149. The zero-order valence-electron chi connectivity index (χ0n) is 19.1. The molecule has 1 aromatic heterocycles. The largest absolute Gasteiger partial charge is 0.466 e. The maximum Gasteiger partial charge on any atom is 0.410 e. The minimum Gasteiger partial charge on any atom is -0.466 e. The number of halogens is 2. The standard InChI is InChI=1S/C21H30F2N4O5/c1-6-31-19(29)13-8-25(11-16(22)23)18(28)17-14-10-26(20(30)32-21(3,4)5)12(2)7-15(14)24-27(17)9-13/h12-13,16H,6-11H2,1-5H3/t12-,13?/m1/s1. The van der Waals surface area contributed by atoms with Crippen molar-refractivity contribution in [3.63, 3.8) is 0 Å². The Hall–Kier alpha value is -2.72. The molecule has 0 saturated heterocycles. The minimum atomic E-state index is -2.76. The quantitative estimate of drug-likeness (QED) is 0.646. The van der Waals surface area contributed by atoms with Gasteiger partial charge in [0.2, 0.25) is 0 Å². The molecule has 0 aliphatic carbocycles. The van der Waals surface area contributed by atoms with Crippen LogP contribution in [0, 0.1) is 5.92 Å². The molecule has 0 spiro atoms. The van der Waals surface area contributed by atoms with Crippen LogP contribution in [-0.4, -0.2) is 75.3 Å². The lowest BCUT2D eigenvalue weighted by atomic mass is 9.99. The Morgan fingerprint density at radius 2 is 1.94 bits per heavy atom. The van der Waals surface area contributed by atoms with Crippen molar-refractivity contribution < 1.29 is 32.6 Å². The van der Waals surface area contributed by atoms with Gasteiger partial charge in [-0.15, -0.1) is 0 Å². The van der Waals surface area contributed by atoms with Crippen molar-refractivity contribution in [2.45, 2.75) is 72.2 Å². The molecule has 1 unspecified atom stereocenters. The van der Waals surface area contributed by atoms with E-state index in [1.807, 2.05) is 6.92 Å². The molecule has 3 rings (SSSR count). The highest BCUT2D eigenvalue weighted by atomic mass is 19.3. The molecule has 2 amide bonds. The Bertz CT molecular complexity index is 895. The van der Waals surface area contributed by atoms with Crippen molar-refractivity contribution >= 4 is 18.0 Å². The van der Waals surface area contributed by atoms with Crippen molar-refractivity contribution in [2.24, 2.45) is 5.92 Å². The molecule has 11 heteroatoms. The lowest BCUT2D eigenvalue weighted by Crippen LogP contribution is -2.45. The zero-order valence-corrected chi connectivity index (χ0v) is 19.1. The van der Waals surface area contributed by atoms with E-state index < -0.39 is 42.5 Å². The molecule has 0 saturated carbocycles. The van der Waals surface area contributed by atoms with Gasteiger partial charge in [0.05, 0.1) is 37.9 Å². The van der Waals surface area contributed by atoms with Crippen LogP contribution >= 0.6 is 0 Å². The van der Waals surface area contributed by atoms with E-state index in [0.717, 1.165) is 4.90 Å². The monoisotopic (exact) mass is 456 g/mol. The normalized spacial score (nSPS) is 21.2. The van der Waals surface area contributed by atoms with Crippen LogP contribution in [0.4, 0.5) is 13.6 Å². The molecule has 0 fully saturated rings. The summed E-state index contributed by atoms with van der Waals surface area (Å²) in [6.45, 7) is 8.04. The molecular weight excluding hydrogens is 426 g/mol. The van der Waals surface area contributed by atoms with Crippen LogP contribution in [0.2, 0.25) is 0 Å². The summed E-state index contributed by atoms with van der Waals surface area (Å²) in [6, 6.07) is -0.232. The minimum absolute atomic E-state index is 0.0352. The van der Waals surface area contributed by atoms with Gasteiger partial charge in [0, 0.05) is 24.6 Å². The summed E-state index contributed by atoms with van der Waals surface area (Å²) in [6.07, 6.45) is -2.91. The Morgan fingerprint density at radius 1 is 1.25 bits per heavy atom. The molecule has 0 bridgehead atoms. The van der Waals surface area contributed by atoms with Crippen LogP contribution in [0.3, 0.4) is 0 Å². The van der Waals surface area contributed by atoms with Crippen molar-refractivity contribution in [1.82, 2.24) is 19.6 Å². The number of ether oxygens (including phenoxy) is 2. The van der Waals surface area contributed by atoms with E-state index in [2.05, 4.69) is 5.10 Å². The summed E-state index contributed by atoms with van der Waals surface area (Å²) >= 11 is 0. The number of nitrogens with zero attached hydrogens (tertiary/aromatic N) is 4. The van der Waals surface area contributed by atoms with Crippen molar-refractivity contribution in [3.05, 3.63) is 17.0 Å². The Kier molecular flexibility index (Phi) is 6.75. The molecule has 2 aliphatic rings. The van der Waals surface area contributed by atoms with Gasteiger partial charge in [0.25, 0.3) is 12.3 Å². The molecular formula is C21H30F2N4O5. The van der Waals surface area contributed by atoms with Crippen LogP contribution in [0.5, 0.6) is 0 Å². The van der Waals surface area contributed by atoms with Gasteiger partial charge in [-0.2, -0.15) is 5.10 Å². The molecule has 1 aromatic rings. The third kappa shape index (κ3) is 5.02. The second-order valence-corrected chi connectivity index (χ2v) is 9.17. The first-order valence-corrected chi connectivity index (χ1v) is 10.7. The second kappa shape index (κ2) is 9.03. The fourth-order valence-electron chi connectivity index (χ4n) is 4.03. The van der Waals surface area contributed by atoms with Gasteiger partial charge in [-0.05, 0) is 34.6 Å². The van der Waals surface area contributed by atoms with Crippen LogP contribution < -0.4 is 0 Å². The van der Waals surface area contributed by atoms with E-state index in [9.17, 15) is 23.2 Å². The van der Waals surface area contributed by atoms with Gasteiger partial charge < -0.3 is 19.3 Å². The van der Waals surface area contributed by atoms with E-state index in [-0.39, 0.29) is 38.0 Å². The zero-order chi connectivity index (χ0) is 23.8. The number of esters is 1. The van der Waals surface area contributed by atoms with Gasteiger partial charge >= 0.3 is 12.1 Å². The number of hydrogen-bond donors (Lipinski definition) is 0. The third-order valence-electron chi connectivity index (χ3n) is 5.41. The van der Waals surface area contributed by atoms with Crippen LogP contribution in [0.15, 0.2) is 0 Å².